The van der Waals surface area contributed by atoms with Crippen molar-refractivity contribution in [1.82, 2.24) is 0 Å². The zero-order valence-corrected chi connectivity index (χ0v) is 7.68. The summed E-state index contributed by atoms with van der Waals surface area (Å²) in [5.74, 6) is -0.669. The Morgan fingerprint density at radius 1 is 1.50 bits per heavy atom. The van der Waals surface area contributed by atoms with Crippen molar-refractivity contribution in [2.24, 2.45) is 11.5 Å². The van der Waals surface area contributed by atoms with Crippen molar-refractivity contribution in [1.29, 1.82) is 0 Å². The lowest BCUT2D eigenvalue weighted by atomic mass is 10.3. The van der Waals surface area contributed by atoms with Crippen molar-refractivity contribution in [3.8, 4) is 0 Å². The van der Waals surface area contributed by atoms with E-state index >= 15 is 0 Å². The van der Waals surface area contributed by atoms with Gasteiger partial charge >= 0.3 is 5.97 Å². The molecule has 0 aromatic carbocycles. The minimum absolute atomic E-state index is 0.0850. The summed E-state index contributed by atoms with van der Waals surface area (Å²) >= 11 is 5.60. The largest absolute Gasteiger partial charge is 0.464 e. The first kappa shape index (κ1) is 10.8. The molecule has 0 unspecified atom stereocenters. The van der Waals surface area contributed by atoms with E-state index in [4.69, 9.17) is 23.1 Å². The van der Waals surface area contributed by atoms with Crippen LogP contribution in [0.15, 0.2) is 22.5 Å². The van der Waals surface area contributed by atoms with Crippen molar-refractivity contribution >= 4 is 17.6 Å². The number of methoxy groups -OCH3 is 1. The highest BCUT2D eigenvalue weighted by Crippen LogP contribution is 2.09. The van der Waals surface area contributed by atoms with Crippen LogP contribution in [0.4, 0.5) is 0 Å². The van der Waals surface area contributed by atoms with E-state index in [-0.39, 0.29) is 10.7 Å². The number of hydrogen-bond donors (Lipinski definition) is 2. The summed E-state index contributed by atoms with van der Waals surface area (Å²) in [5, 5.41) is 0.0850. The Hall–Kier alpha value is -1.16. The number of rotatable bonds is 2. The van der Waals surface area contributed by atoms with E-state index in [0.717, 1.165) is 0 Å². The molecule has 0 atom stereocenters. The second kappa shape index (κ2) is 4.66. The van der Waals surface area contributed by atoms with Crippen LogP contribution in [0.3, 0.4) is 0 Å². The first-order valence-electron chi connectivity index (χ1n) is 3.16. The van der Waals surface area contributed by atoms with E-state index in [0.29, 0.717) is 5.70 Å². The van der Waals surface area contributed by atoms with Gasteiger partial charge in [-0.1, -0.05) is 11.6 Å². The van der Waals surface area contributed by atoms with Gasteiger partial charge < -0.3 is 16.2 Å². The molecule has 5 heteroatoms. The predicted octanol–water partition coefficient (Wildman–Crippen LogP) is 0.431. The van der Waals surface area contributed by atoms with E-state index in [1.165, 1.54) is 13.2 Å². The molecule has 0 aromatic heterocycles. The second-order valence-electron chi connectivity index (χ2n) is 2.14. The average molecular weight is 191 g/mol. The third kappa shape index (κ3) is 3.30. The van der Waals surface area contributed by atoms with Crippen LogP contribution < -0.4 is 11.5 Å². The molecule has 0 saturated heterocycles. The lowest BCUT2D eigenvalue weighted by Gasteiger charge is -1.99. The zero-order chi connectivity index (χ0) is 9.72. The highest BCUT2D eigenvalue weighted by atomic mass is 35.5. The monoisotopic (exact) mass is 190 g/mol. The van der Waals surface area contributed by atoms with Gasteiger partial charge in [-0.15, -0.1) is 0 Å². The van der Waals surface area contributed by atoms with Crippen LogP contribution in [0.5, 0.6) is 0 Å². The van der Waals surface area contributed by atoms with E-state index in [2.05, 4.69) is 4.74 Å². The molecule has 0 rings (SSSR count). The Morgan fingerprint density at radius 3 is 2.33 bits per heavy atom. The molecule has 12 heavy (non-hydrogen) atoms. The van der Waals surface area contributed by atoms with Gasteiger partial charge in [-0.3, -0.25) is 0 Å². The summed E-state index contributed by atoms with van der Waals surface area (Å²) in [5.41, 5.74) is 10.9. The fraction of sp³-hybridized carbons (Fsp3) is 0.286. The molecule has 0 amide bonds. The molecule has 0 saturated carbocycles. The molecule has 0 heterocycles. The summed E-state index contributed by atoms with van der Waals surface area (Å²) in [7, 11) is 1.22. The maximum atomic E-state index is 10.8. The van der Waals surface area contributed by atoms with Gasteiger partial charge in [-0.2, -0.15) is 0 Å². The minimum atomic E-state index is -0.669. The molecule has 68 valence electrons. The van der Waals surface area contributed by atoms with Crippen LogP contribution >= 0.6 is 11.6 Å². The first-order chi connectivity index (χ1) is 5.49. The van der Waals surface area contributed by atoms with Crippen LogP contribution in [-0.2, 0) is 9.53 Å². The third-order valence-electron chi connectivity index (χ3n) is 1.02. The number of hydrogen-bond acceptors (Lipinski definition) is 4. The molecule has 4 nitrogen and oxygen atoms in total. The van der Waals surface area contributed by atoms with Crippen LogP contribution in [-0.4, -0.2) is 13.1 Å². The van der Waals surface area contributed by atoms with Crippen LogP contribution in [0.2, 0.25) is 0 Å². The van der Waals surface area contributed by atoms with Crippen molar-refractivity contribution in [2.45, 2.75) is 6.92 Å². The molecule has 0 spiro atoms. The average Bonchev–Trinajstić information content (AvgIpc) is 2.00. The van der Waals surface area contributed by atoms with Gasteiger partial charge in [0.1, 0.15) is 5.70 Å². The molecule has 0 aliphatic heterocycles. The lowest BCUT2D eigenvalue weighted by Crippen LogP contribution is -2.14. The molecular weight excluding hydrogens is 180 g/mol. The number of carbonyl (C=O) groups is 1. The Balaban J connectivity index is 4.69. The maximum Gasteiger partial charge on any atom is 0.355 e. The standard InChI is InChI=1S/C7H11ClN2O2/c1-4(9)3-5(8)6(10)7(11)12-2/h3H,9-10H2,1-2H3/b4-3-,6-5+. The Labute approximate surface area is 75.8 Å². The van der Waals surface area contributed by atoms with E-state index in [1.54, 1.807) is 6.92 Å². The summed E-state index contributed by atoms with van der Waals surface area (Å²) in [6, 6.07) is 0. The number of esters is 1. The molecule has 0 bridgehead atoms. The van der Waals surface area contributed by atoms with Gasteiger partial charge in [-0.25, -0.2) is 4.79 Å². The second-order valence-corrected chi connectivity index (χ2v) is 2.55. The number of nitrogens with two attached hydrogens (primary N) is 2. The Morgan fingerprint density at radius 2 is 2.00 bits per heavy atom. The summed E-state index contributed by atoms with van der Waals surface area (Å²) in [6.07, 6.45) is 1.38. The molecule has 0 aliphatic rings. The number of halogens is 1. The fourth-order valence-electron chi connectivity index (χ4n) is 0.485. The lowest BCUT2D eigenvalue weighted by molar-refractivity contribution is -0.136. The predicted molar refractivity (Wildman–Crippen MR) is 47.0 cm³/mol. The van der Waals surface area contributed by atoms with Crippen molar-refractivity contribution in [2.75, 3.05) is 7.11 Å². The van der Waals surface area contributed by atoms with Gasteiger partial charge in [0.05, 0.1) is 12.1 Å². The smallest absolute Gasteiger partial charge is 0.355 e. The number of carbonyl (C=O) groups excluding carboxylic acids is 1. The van der Waals surface area contributed by atoms with Crippen molar-refractivity contribution in [3.63, 3.8) is 0 Å². The van der Waals surface area contributed by atoms with E-state index in [9.17, 15) is 4.79 Å². The van der Waals surface area contributed by atoms with Crippen molar-refractivity contribution in [3.05, 3.63) is 22.5 Å². The molecule has 4 N–H and O–H groups in total. The Kier molecular flexibility index (Phi) is 4.21. The van der Waals surface area contributed by atoms with Crippen molar-refractivity contribution < 1.29 is 9.53 Å². The third-order valence-corrected chi connectivity index (χ3v) is 1.33. The summed E-state index contributed by atoms with van der Waals surface area (Å²) in [4.78, 5) is 10.8. The van der Waals surface area contributed by atoms with Crippen LogP contribution in [0, 0.1) is 0 Å². The van der Waals surface area contributed by atoms with Gasteiger partial charge in [0.2, 0.25) is 0 Å². The van der Waals surface area contributed by atoms with Crippen LogP contribution in [0.1, 0.15) is 6.92 Å². The topological polar surface area (TPSA) is 78.3 Å². The van der Waals surface area contributed by atoms with E-state index in [1.807, 2.05) is 0 Å². The molecule has 0 aromatic rings. The highest BCUT2D eigenvalue weighted by Gasteiger charge is 2.08. The van der Waals surface area contributed by atoms with Gasteiger partial charge in [0, 0.05) is 5.70 Å². The fourth-order valence-corrected chi connectivity index (χ4v) is 0.734. The summed E-state index contributed by atoms with van der Waals surface area (Å²) in [6.45, 7) is 1.63. The minimum Gasteiger partial charge on any atom is -0.464 e. The summed E-state index contributed by atoms with van der Waals surface area (Å²) < 4.78 is 4.34. The quantitative estimate of drug-likeness (QED) is 0.376. The molecule has 0 aliphatic carbocycles. The Bertz CT molecular complexity index is 242. The zero-order valence-electron chi connectivity index (χ0n) is 6.93. The molecular formula is C7H11ClN2O2. The molecule has 0 radical (unpaired) electrons. The van der Waals surface area contributed by atoms with Gasteiger partial charge in [-0.05, 0) is 13.0 Å². The molecule has 0 fully saturated rings. The first-order valence-corrected chi connectivity index (χ1v) is 3.54. The normalized spacial score (nSPS) is 13.8. The number of ether oxygens (including phenoxy) is 1. The number of allylic oxidation sites excluding steroid dienone is 3. The maximum absolute atomic E-state index is 10.8. The van der Waals surface area contributed by atoms with E-state index < -0.39 is 5.97 Å². The van der Waals surface area contributed by atoms with Gasteiger partial charge in [0.15, 0.2) is 0 Å². The van der Waals surface area contributed by atoms with Crippen LogP contribution in [0.25, 0.3) is 0 Å². The SMILES string of the molecule is COC(=O)/C(N)=C(Cl)/C=C(/C)N. The highest BCUT2D eigenvalue weighted by molar-refractivity contribution is 6.33. The van der Waals surface area contributed by atoms with Gasteiger partial charge in [0.25, 0.3) is 0 Å².